The lowest BCUT2D eigenvalue weighted by Crippen LogP contribution is -2.05. The van der Waals surface area contributed by atoms with Gasteiger partial charge in [-0.1, -0.05) is 22.9 Å². The van der Waals surface area contributed by atoms with Crippen LogP contribution < -0.4 is 10.6 Å². The molecule has 0 bridgehead atoms. The van der Waals surface area contributed by atoms with Crippen molar-refractivity contribution in [2.24, 2.45) is 0 Å². The lowest BCUT2D eigenvalue weighted by atomic mass is 10.2. The molecule has 2 rings (SSSR count). The molecule has 19 heavy (non-hydrogen) atoms. The van der Waals surface area contributed by atoms with Gasteiger partial charge < -0.3 is 10.6 Å². The first-order valence-electron chi connectivity index (χ1n) is 5.89. The zero-order valence-electron chi connectivity index (χ0n) is 10.7. The fourth-order valence-corrected chi connectivity index (χ4v) is 2.93. The number of nitrogens with zero attached hydrogens (tertiary/aromatic N) is 2. The predicted molar refractivity (Wildman–Crippen MR) is 86.1 cm³/mol. The second-order valence-corrected chi connectivity index (χ2v) is 5.67. The molecule has 2 aromatic rings. The van der Waals surface area contributed by atoms with Crippen molar-refractivity contribution in [3.63, 3.8) is 0 Å². The van der Waals surface area contributed by atoms with Crippen LogP contribution in [0.4, 0.5) is 17.3 Å². The predicted octanol–water partition coefficient (Wildman–Crippen LogP) is 4.35. The van der Waals surface area contributed by atoms with E-state index in [1.807, 2.05) is 25.2 Å². The number of aromatic nitrogens is 2. The van der Waals surface area contributed by atoms with Crippen LogP contribution in [0.1, 0.15) is 12.5 Å². The van der Waals surface area contributed by atoms with Crippen LogP contribution in [0.2, 0.25) is 0 Å². The van der Waals surface area contributed by atoms with Crippen LogP contribution in [0.15, 0.2) is 33.5 Å². The van der Waals surface area contributed by atoms with Crippen molar-refractivity contribution in [1.82, 2.24) is 9.97 Å². The van der Waals surface area contributed by atoms with E-state index in [0.717, 1.165) is 38.3 Å². The van der Waals surface area contributed by atoms with Crippen LogP contribution in [0.25, 0.3) is 0 Å². The molecule has 0 fully saturated rings. The highest BCUT2D eigenvalue weighted by molar-refractivity contribution is 9.11. The summed E-state index contributed by atoms with van der Waals surface area (Å²) in [5.74, 6) is 1.68. The average Bonchev–Trinajstić information content (AvgIpc) is 2.41. The van der Waals surface area contributed by atoms with Gasteiger partial charge in [0.15, 0.2) is 0 Å². The normalized spacial score (nSPS) is 10.3. The largest absolute Gasteiger partial charge is 0.373 e. The molecule has 0 saturated carbocycles. The maximum atomic E-state index is 4.32. The third kappa shape index (κ3) is 3.25. The SMILES string of the molecule is CCc1c(NC)ncnc1Nc1ccc(Br)cc1Br. The Kier molecular flexibility index (Phi) is 4.76. The maximum Gasteiger partial charge on any atom is 0.139 e. The fourth-order valence-electron chi connectivity index (χ4n) is 1.79. The highest BCUT2D eigenvalue weighted by Crippen LogP contribution is 2.30. The van der Waals surface area contributed by atoms with Crippen LogP contribution in [-0.4, -0.2) is 17.0 Å². The lowest BCUT2D eigenvalue weighted by molar-refractivity contribution is 1.05. The van der Waals surface area contributed by atoms with Gasteiger partial charge in [-0.15, -0.1) is 0 Å². The Morgan fingerprint density at radius 2 is 1.89 bits per heavy atom. The Labute approximate surface area is 129 Å². The highest BCUT2D eigenvalue weighted by Gasteiger charge is 2.10. The van der Waals surface area contributed by atoms with Crippen molar-refractivity contribution in [3.05, 3.63) is 39.0 Å². The first kappa shape index (κ1) is 14.3. The van der Waals surface area contributed by atoms with E-state index in [0.29, 0.717) is 0 Å². The molecule has 0 amide bonds. The molecule has 1 aromatic carbocycles. The zero-order chi connectivity index (χ0) is 13.8. The zero-order valence-corrected chi connectivity index (χ0v) is 13.8. The van der Waals surface area contributed by atoms with Crippen molar-refractivity contribution in [3.8, 4) is 0 Å². The van der Waals surface area contributed by atoms with Gasteiger partial charge in [0.1, 0.15) is 18.0 Å². The van der Waals surface area contributed by atoms with E-state index in [9.17, 15) is 0 Å². The molecular weight excluding hydrogens is 372 g/mol. The van der Waals surface area contributed by atoms with Crippen molar-refractivity contribution >= 4 is 49.2 Å². The summed E-state index contributed by atoms with van der Waals surface area (Å²) in [6.45, 7) is 2.08. The second kappa shape index (κ2) is 6.34. The van der Waals surface area contributed by atoms with Gasteiger partial charge in [-0.2, -0.15) is 0 Å². The van der Waals surface area contributed by atoms with Gasteiger partial charge in [0.05, 0.1) is 5.69 Å². The van der Waals surface area contributed by atoms with Gasteiger partial charge in [-0.05, 0) is 40.5 Å². The molecule has 2 N–H and O–H groups in total. The quantitative estimate of drug-likeness (QED) is 0.821. The summed E-state index contributed by atoms with van der Waals surface area (Å²) in [5, 5.41) is 6.42. The number of hydrogen-bond donors (Lipinski definition) is 2. The molecule has 0 saturated heterocycles. The van der Waals surface area contributed by atoms with E-state index in [1.165, 1.54) is 0 Å². The Hall–Kier alpha value is -1.14. The molecule has 0 radical (unpaired) electrons. The molecule has 6 heteroatoms. The van der Waals surface area contributed by atoms with Crippen LogP contribution in [-0.2, 0) is 6.42 Å². The average molecular weight is 386 g/mol. The molecule has 4 nitrogen and oxygen atoms in total. The minimum Gasteiger partial charge on any atom is -0.373 e. The van der Waals surface area contributed by atoms with E-state index in [2.05, 4.69) is 59.4 Å². The minimum absolute atomic E-state index is 0.824. The van der Waals surface area contributed by atoms with Crippen molar-refractivity contribution < 1.29 is 0 Å². The maximum absolute atomic E-state index is 4.32. The summed E-state index contributed by atoms with van der Waals surface area (Å²) < 4.78 is 2.01. The van der Waals surface area contributed by atoms with E-state index in [4.69, 9.17) is 0 Å². The van der Waals surface area contributed by atoms with Crippen LogP contribution in [0, 0.1) is 0 Å². The summed E-state index contributed by atoms with van der Waals surface area (Å²) in [7, 11) is 1.86. The van der Waals surface area contributed by atoms with Gasteiger partial charge >= 0.3 is 0 Å². The Bertz CT molecular complexity index is 587. The molecule has 0 aliphatic carbocycles. The molecule has 0 aliphatic rings. The van der Waals surface area contributed by atoms with Gasteiger partial charge in [0.2, 0.25) is 0 Å². The summed E-state index contributed by atoms with van der Waals surface area (Å²) >= 11 is 6.97. The molecule has 0 unspecified atom stereocenters. The van der Waals surface area contributed by atoms with Crippen LogP contribution in [0.3, 0.4) is 0 Å². The van der Waals surface area contributed by atoms with Gasteiger partial charge in [-0.25, -0.2) is 9.97 Å². The smallest absolute Gasteiger partial charge is 0.139 e. The molecule has 0 spiro atoms. The van der Waals surface area contributed by atoms with Crippen molar-refractivity contribution in [2.75, 3.05) is 17.7 Å². The van der Waals surface area contributed by atoms with Crippen molar-refractivity contribution in [2.45, 2.75) is 13.3 Å². The summed E-state index contributed by atoms with van der Waals surface area (Å²) in [6, 6.07) is 5.97. The number of nitrogens with one attached hydrogen (secondary N) is 2. The van der Waals surface area contributed by atoms with E-state index in [-0.39, 0.29) is 0 Å². The molecule has 1 heterocycles. The van der Waals surface area contributed by atoms with Gasteiger partial charge in [-0.3, -0.25) is 0 Å². The molecule has 0 atom stereocenters. The van der Waals surface area contributed by atoms with Crippen LogP contribution in [0.5, 0.6) is 0 Å². The van der Waals surface area contributed by atoms with Crippen LogP contribution >= 0.6 is 31.9 Å². The molecular formula is C13H14Br2N4. The first-order valence-corrected chi connectivity index (χ1v) is 7.48. The van der Waals surface area contributed by atoms with E-state index in [1.54, 1.807) is 6.33 Å². The summed E-state index contributed by atoms with van der Waals surface area (Å²) in [4.78, 5) is 8.55. The molecule has 0 aliphatic heterocycles. The first-order chi connectivity index (χ1) is 9.15. The number of rotatable bonds is 4. The third-order valence-corrected chi connectivity index (χ3v) is 3.87. The Morgan fingerprint density at radius 3 is 2.53 bits per heavy atom. The monoisotopic (exact) mass is 384 g/mol. The molecule has 100 valence electrons. The topological polar surface area (TPSA) is 49.8 Å². The number of halogens is 2. The lowest BCUT2D eigenvalue weighted by Gasteiger charge is -2.13. The highest BCUT2D eigenvalue weighted by atomic mass is 79.9. The number of hydrogen-bond acceptors (Lipinski definition) is 4. The Morgan fingerprint density at radius 1 is 1.16 bits per heavy atom. The summed E-state index contributed by atoms with van der Waals surface area (Å²) in [5.41, 5.74) is 2.04. The number of anilines is 3. The number of benzene rings is 1. The van der Waals surface area contributed by atoms with Gasteiger partial charge in [0, 0.05) is 21.6 Å². The second-order valence-electron chi connectivity index (χ2n) is 3.90. The summed E-state index contributed by atoms with van der Waals surface area (Å²) in [6.07, 6.45) is 2.41. The fraction of sp³-hybridized carbons (Fsp3) is 0.231. The molecule has 1 aromatic heterocycles. The van der Waals surface area contributed by atoms with E-state index < -0.39 is 0 Å². The minimum atomic E-state index is 0.824. The Balaban J connectivity index is 2.37. The standard InChI is InChI=1S/C13H14Br2N4/c1-3-9-12(16-2)17-7-18-13(9)19-11-5-4-8(14)6-10(11)15/h4-7H,3H2,1-2H3,(H2,16,17,18,19). The van der Waals surface area contributed by atoms with Crippen molar-refractivity contribution in [1.29, 1.82) is 0 Å². The van der Waals surface area contributed by atoms with Gasteiger partial charge in [0.25, 0.3) is 0 Å². The van der Waals surface area contributed by atoms with E-state index >= 15 is 0 Å². The third-order valence-electron chi connectivity index (χ3n) is 2.72.